The second-order valence-electron chi connectivity index (χ2n) is 4.42. The van der Waals surface area contributed by atoms with Gasteiger partial charge < -0.3 is 19.5 Å². The maximum atomic E-state index is 12.0. The molecule has 1 saturated heterocycles. The molecule has 1 fully saturated rings. The second kappa shape index (κ2) is 6.89. The molecule has 1 heterocycles. The minimum Gasteiger partial charge on any atom is -0.484 e. The molecule has 6 nitrogen and oxygen atoms in total. The van der Waals surface area contributed by atoms with E-state index in [1.165, 1.54) is 0 Å². The third kappa shape index (κ3) is 3.47. The monoisotopic (exact) mass is 276 g/mol. The number of amides is 1. The smallest absolute Gasteiger partial charge is 0.260 e. The number of hydrogen-bond donors (Lipinski definition) is 1. The van der Waals surface area contributed by atoms with E-state index in [1.807, 2.05) is 6.07 Å². The maximum absolute atomic E-state index is 12.0. The molecule has 1 aliphatic rings. The number of aliphatic hydroxyl groups is 1. The summed E-state index contributed by atoms with van der Waals surface area (Å²) < 4.78 is 10.6. The van der Waals surface area contributed by atoms with Crippen LogP contribution >= 0.6 is 0 Å². The number of aliphatic hydroxyl groups excluding tert-OH is 1. The van der Waals surface area contributed by atoms with Gasteiger partial charge in [-0.15, -0.1) is 0 Å². The van der Waals surface area contributed by atoms with Gasteiger partial charge >= 0.3 is 0 Å². The lowest BCUT2D eigenvalue weighted by atomic mass is 10.2. The first-order valence-electron chi connectivity index (χ1n) is 6.35. The Labute approximate surface area is 117 Å². The molecule has 0 bridgehead atoms. The lowest BCUT2D eigenvalue weighted by Crippen LogP contribution is -2.51. The van der Waals surface area contributed by atoms with Crippen molar-refractivity contribution in [3.05, 3.63) is 29.8 Å². The van der Waals surface area contributed by atoms with Crippen molar-refractivity contribution >= 4 is 5.91 Å². The fourth-order valence-electron chi connectivity index (χ4n) is 1.99. The molecule has 2 rings (SSSR count). The van der Waals surface area contributed by atoms with Crippen LogP contribution in [-0.4, -0.2) is 54.9 Å². The van der Waals surface area contributed by atoms with E-state index in [2.05, 4.69) is 0 Å². The Balaban J connectivity index is 1.89. The first kappa shape index (κ1) is 14.3. The van der Waals surface area contributed by atoms with Gasteiger partial charge in [-0.1, -0.05) is 0 Å². The SMILES string of the molecule is N#Cc1ccc(OCC(=O)N2CCOCC2CO)cc1. The van der Waals surface area contributed by atoms with E-state index in [4.69, 9.17) is 14.7 Å². The molecule has 0 radical (unpaired) electrons. The highest BCUT2D eigenvalue weighted by Gasteiger charge is 2.26. The van der Waals surface area contributed by atoms with E-state index in [-0.39, 0.29) is 25.2 Å². The fourth-order valence-corrected chi connectivity index (χ4v) is 1.99. The van der Waals surface area contributed by atoms with Crippen molar-refractivity contribution in [1.29, 1.82) is 5.26 Å². The quantitative estimate of drug-likeness (QED) is 0.847. The van der Waals surface area contributed by atoms with Crippen LogP contribution in [0.4, 0.5) is 0 Å². The van der Waals surface area contributed by atoms with Crippen LogP contribution in [0.15, 0.2) is 24.3 Å². The number of carbonyl (C=O) groups excluding carboxylic acids is 1. The van der Waals surface area contributed by atoms with Gasteiger partial charge in [0.25, 0.3) is 5.91 Å². The van der Waals surface area contributed by atoms with Crippen LogP contribution in [0.2, 0.25) is 0 Å². The van der Waals surface area contributed by atoms with Crippen LogP contribution in [-0.2, 0) is 9.53 Å². The Morgan fingerprint density at radius 1 is 1.50 bits per heavy atom. The number of carbonyl (C=O) groups is 1. The third-order valence-electron chi connectivity index (χ3n) is 3.10. The van der Waals surface area contributed by atoms with Gasteiger partial charge in [-0.3, -0.25) is 4.79 Å². The molecule has 1 amide bonds. The van der Waals surface area contributed by atoms with Crippen LogP contribution in [0.5, 0.6) is 5.75 Å². The minimum absolute atomic E-state index is 0.0948. The zero-order valence-corrected chi connectivity index (χ0v) is 11.0. The van der Waals surface area contributed by atoms with E-state index in [0.29, 0.717) is 31.1 Å². The first-order valence-corrected chi connectivity index (χ1v) is 6.35. The normalized spacial score (nSPS) is 18.4. The number of rotatable bonds is 4. The predicted octanol–water partition coefficient (Wildman–Crippen LogP) is 0.157. The van der Waals surface area contributed by atoms with Crippen molar-refractivity contribution in [2.75, 3.05) is 33.0 Å². The molecule has 0 aromatic heterocycles. The molecule has 0 spiro atoms. The summed E-state index contributed by atoms with van der Waals surface area (Å²) in [5, 5.41) is 17.9. The van der Waals surface area contributed by atoms with Gasteiger partial charge in [0.2, 0.25) is 0 Å². The highest BCUT2D eigenvalue weighted by Crippen LogP contribution is 2.13. The highest BCUT2D eigenvalue weighted by molar-refractivity contribution is 5.78. The molecule has 0 aliphatic carbocycles. The number of morpholine rings is 1. The van der Waals surface area contributed by atoms with E-state index in [0.717, 1.165) is 0 Å². The van der Waals surface area contributed by atoms with E-state index < -0.39 is 0 Å². The molecule has 6 heteroatoms. The summed E-state index contributed by atoms with van der Waals surface area (Å²) in [6.07, 6.45) is 0. The average Bonchev–Trinajstić information content (AvgIpc) is 2.53. The van der Waals surface area contributed by atoms with E-state index in [9.17, 15) is 9.90 Å². The van der Waals surface area contributed by atoms with Crippen LogP contribution in [0.25, 0.3) is 0 Å². The molecule has 106 valence electrons. The number of benzene rings is 1. The van der Waals surface area contributed by atoms with E-state index in [1.54, 1.807) is 29.2 Å². The molecule has 1 atom stereocenters. The van der Waals surface area contributed by atoms with Crippen molar-refractivity contribution in [3.8, 4) is 11.8 Å². The Morgan fingerprint density at radius 2 is 2.25 bits per heavy atom. The van der Waals surface area contributed by atoms with Crippen molar-refractivity contribution < 1.29 is 19.4 Å². The zero-order chi connectivity index (χ0) is 14.4. The van der Waals surface area contributed by atoms with Gasteiger partial charge in [0.1, 0.15) is 5.75 Å². The number of nitrogens with zero attached hydrogens (tertiary/aromatic N) is 2. The van der Waals surface area contributed by atoms with Crippen LogP contribution in [0.1, 0.15) is 5.56 Å². The number of hydrogen-bond acceptors (Lipinski definition) is 5. The topological polar surface area (TPSA) is 82.8 Å². The molecule has 1 aromatic rings. The molecule has 1 unspecified atom stereocenters. The van der Waals surface area contributed by atoms with Gasteiger partial charge in [0.05, 0.1) is 37.5 Å². The lowest BCUT2D eigenvalue weighted by Gasteiger charge is -2.34. The van der Waals surface area contributed by atoms with Crippen molar-refractivity contribution in [2.24, 2.45) is 0 Å². The van der Waals surface area contributed by atoms with Crippen LogP contribution in [0, 0.1) is 11.3 Å². The summed E-state index contributed by atoms with van der Waals surface area (Å²) in [5.74, 6) is 0.350. The zero-order valence-electron chi connectivity index (χ0n) is 11.0. The Morgan fingerprint density at radius 3 is 2.90 bits per heavy atom. The van der Waals surface area contributed by atoms with Crippen LogP contribution in [0.3, 0.4) is 0 Å². The average molecular weight is 276 g/mol. The first-order chi connectivity index (χ1) is 9.74. The molecule has 0 saturated carbocycles. The Kier molecular flexibility index (Phi) is 4.93. The second-order valence-corrected chi connectivity index (χ2v) is 4.42. The maximum Gasteiger partial charge on any atom is 0.260 e. The molecule has 1 N–H and O–H groups in total. The van der Waals surface area contributed by atoms with E-state index >= 15 is 0 Å². The van der Waals surface area contributed by atoms with Gasteiger partial charge in [0.15, 0.2) is 6.61 Å². The molecule has 20 heavy (non-hydrogen) atoms. The summed E-state index contributed by atoms with van der Waals surface area (Å²) in [7, 11) is 0. The van der Waals surface area contributed by atoms with Gasteiger partial charge in [-0.05, 0) is 24.3 Å². The summed E-state index contributed by atoms with van der Waals surface area (Å²) in [6.45, 7) is 1.06. The Bertz CT molecular complexity index is 495. The van der Waals surface area contributed by atoms with Gasteiger partial charge in [-0.25, -0.2) is 0 Å². The molecular formula is C14H16N2O4. The minimum atomic E-state index is -0.305. The van der Waals surface area contributed by atoms with Gasteiger partial charge in [0, 0.05) is 6.54 Å². The fraction of sp³-hybridized carbons (Fsp3) is 0.429. The molecular weight excluding hydrogens is 260 g/mol. The lowest BCUT2D eigenvalue weighted by molar-refractivity contribution is -0.143. The largest absolute Gasteiger partial charge is 0.484 e. The number of nitriles is 1. The molecule has 1 aliphatic heterocycles. The van der Waals surface area contributed by atoms with Crippen LogP contribution < -0.4 is 4.74 Å². The van der Waals surface area contributed by atoms with Crippen molar-refractivity contribution in [3.63, 3.8) is 0 Å². The van der Waals surface area contributed by atoms with Crippen molar-refractivity contribution in [1.82, 2.24) is 4.90 Å². The highest BCUT2D eigenvalue weighted by atomic mass is 16.5. The third-order valence-corrected chi connectivity index (χ3v) is 3.10. The van der Waals surface area contributed by atoms with Crippen molar-refractivity contribution in [2.45, 2.75) is 6.04 Å². The van der Waals surface area contributed by atoms with Gasteiger partial charge in [-0.2, -0.15) is 5.26 Å². The number of ether oxygens (including phenoxy) is 2. The summed E-state index contributed by atoms with van der Waals surface area (Å²) in [5.41, 5.74) is 0.539. The molecule has 1 aromatic carbocycles. The summed E-state index contributed by atoms with van der Waals surface area (Å²) in [6, 6.07) is 8.26. The summed E-state index contributed by atoms with van der Waals surface area (Å²) in [4.78, 5) is 13.6. The summed E-state index contributed by atoms with van der Waals surface area (Å²) >= 11 is 0. The standard InChI is InChI=1S/C14H16N2O4/c15-7-11-1-3-13(4-2-11)20-10-14(18)16-5-6-19-9-12(16)8-17/h1-4,12,17H,5-6,8-10H2. The predicted molar refractivity (Wildman–Crippen MR) is 70.1 cm³/mol. The Hall–Kier alpha value is -2.10.